The first kappa shape index (κ1) is 44.2. The maximum Gasteiger partial charge on any atom is 0.469 e. The van der Waals surface area contributed by atoms with Crippen LogP contribution >= 0.6 is 7.82 Å². The van der Waals surface area contributed by atoms with E-state index in [1.54, 1.807) is 6.08 Å². The van der Waals surface area contributed by atoms with Gasteiger partial charge >= 0.3 is 19.8 Å². The van der Waals surface area contributed by atoms with Crippen molar-refractivity contribution in [2.45, 2.75) is 161 Å². The summed E-state index contributed by atoms with van der Waals surface area (Å²) in [5.74, 6) is -0.123. The molecule has 0 saturated heterocycles. The van der Waals surface area contributed by atoms with E-state index in [1.165, 1.54) is 38.5 Å². The number of unbranched alkanes of at least 4 members (excludes halogenated alkanes) is 12. The van der Waals surface area contributed by atoms with Crippen LogP contribution in [0.4, 0.5) is 0 Å². The van der Waals surface area contributed by atoms with Crippen LogP contribution in [0.5, 0.6) is 0 Å². The summed E-state index contributed by atoms with van der Waals surface area (Å²) in [7, 11) is -4.76. The molecule has 0 aromatic heterocycles. The summed E-state index contributed by atoms with van der Waals surface area (Å²) >= 11 is 0. The molecule has 2 unspecified atom stereocenters. The quantitative estimate of drug-likeness (QED) is 0.0216. The van der Waals surface area contributed by atoms with E-state index in [0.717, 1.165) is 63.7 Å². The fourth-order valence-electron chi connectivity index (χ4n) is 4.74. The first-order chi connectivity index (χ1) is 22.1. The fourth-order valence-corrected chi connectivity index (χ4v) is 5.10. The molecule has 0 aliphatic rings. The molecule has 268 valence electrons. The van der Waals surface area contributed by atoms with Crippen LogP contribution in [-0.2, 0) is 28.2 Å². The third-order valence-electron chi connectivity index (χ3n) is 7.79. The van der Waals surface area contributed by atoms with E-state index in [2.05, 4.69) is 31.4 Å². The lowest BCUT2D eigenvalue weighted by atomic mass is 9.99. The summed E-state index contributed by atoms with van der Waals surface area (Å²) in [6, 6.07) is 0. The third-order valence-corrected chi connectivity index (χ3v) is 8.28. The Morgan fingerprint density at radius 3 is 1.93 bits per heavy atom. The lowest BCUT2D eigenvalue weighted by molar-refractivity contribution is -0.161. The molecule has 0 radical (unpaired) electrons. The largest absolute Gasteiger partial charge is 0.469 e. The molecular weight excluding hydrogens is 607 g/mol. The summed E-state index contributed by atoms with van der Waals surface area (Å²) in [5, 5.41) is 9.82. The minimum Gasteiger partial charge on any atom is -0.462 e. The van der Waals surface area contributed by atoms with Crippen LogP contribution in [0, 0.1) is 5.92 Å². The van der Waals surface area contributed by atoms with E-state index < -0.39 is 38.6 Å². The van der Waals surface area contributed by atoms with E-state index in [1.807, 2.05) is 24.3 Å². The molecule has 46 heavy (non-hydrogen) atoms. The molecule has 0 aliphatic heterocycles. The average Bonchev–Trinajstić information content (AvgIpc) is 3.01. The Morgan fingerprint density at radius 1 is 0.739 bits per heavy atom. The van der Waals surface area contributed by atoms with Gasteiger partial charge in [-0.3, -0.25) is 14.1 Å². The Balaban J connectivity index is 4.09. The zero-order valence-electron chi connectivity index (χ0n) is 29.0. The average molecular weight is 673 g/mol. The Morgan fingerprint density at radius 2 is 1.33 bits per heavy atom. The molecule has 0 aliphatic carbocycles. The highest BCUT2D eigenvalue weighted by atomic mass is 31.2. The van der Waals surface area contributed by atoms with E-state index in [9.17, 15) is 19.3 Å². The van der Waals surface area contributed by atoms with Crippen molar-refractivity contribution in [1.82, 2.24) is 0 Å². The number of carbonyl (C=O) groups excluding carboxylic acids is 2. The van der Waals surface area contributed by atoms with Crippen molar-refractivity contribution in [1.29, 1.82) is 0 Å². The third kappa shape index (κ3) is 32.2. The molecule has 0 fully saturated rings. The number of hydrogen-bond acceptors (Lipinski definition) is 7. The van der Waals surface area contributed by atoms with Crippen LogP contribution in [0.1, 0.15) is 149 Å². The zero-order valence-corrected chi connectivity index (χ0v) is 29.9. The number of ether oxygens (including phenoxy) is 2. The molecule has 0 aromatic rings. The molecule has 0 rings (SSSR count). The number of rotatable bonds is 31. The Kier molecular flexibility index (Phi) is 29.4. The maximum absolute atomic E-state index is 12.3. The molecule has 0 bridgehead atoms. The lowest BCUT2D eigenvalue weighted by Crippen LogP contribution is -2.29. The Hall–Kier alpha value is -1.77. The minimum absolute atomic E-state index is 0.165. The summed E-state index contributed by atoms with van der Waals surface area (Å²) in [6.45, 7) is 5.74. The predicted octanol–water partition coefficient (Wildman–Crippen LogP) is 9.06. The van der Waals surface area contributed by atoms with Crippen LogP contribution in [0.2, 0.25) is 0 Å². The van der Waals surface area contributed by atoms with E-state index in [0.29, 0.717) is 19.3 Å². The van der Waals surface area contributed by atoms with Gasteiger partial charge in [0.25, 0.3) is 0 Å². The van der Waals surface area contributed by atoms with Crippen molar-refractivity contribution in [3.8, 4) is 0 Å². The second-order valence-corrected chi connectivity index (χ2v) is 13.5. The highest BCUT2D eigenvalue weighted by Crippen LogP contribution is 2.36. The zero-order chi connectivity index (χ0) is 34.3. The standard InChI is InChI=1S/C36H65O9P/c1-4-6-20-26-33(37)27-22-17-13-8-7-9-15-19-24-29-36(39)45-34(31-44-46(40,41)42)30-43-35(38)28-23-18-14-11-10-12-16-21-25-32(3)5-2/h6,13,17,20,22,27,32-34,37H,4-5,7-12,14-16,18-19,21,23-26,28-31H2,1-3H3,(H2,40,41,42)/b17-13+,20-6+,27-22+/t32?,33?,34-/m1/s1. The molecule has 0 saturated carbocycles. The Labute approximate surface area is 279 Å². The van der Waals surface area contributed by atoms with Crippen molar-refractivity contribution >= 4 is 19.8 Å². The van der Waals surface area contributed by atoms with Gasteiger partial charge in [0, 0.05) is 12.8 Å². The molecular formula is C36H65O9P. The molecule has 10 heteroatoms. The number of aliphatic hydroxyl groups excluding tert-OH is 1. The highest BCUT2D eigenvalue weighted by Gasteiger charge is 2.22. The van der Waals surface area contributed by atoms with Gasteiger partial charge in [0.05, 0.1) is 12.7 Å². The van der Waals surface area contributed by atoms with Crippen molar-refractivity contribution < 1.29 is 43.0 Å². The highest BCUT2D eigenvalue weighted by molar-refractivity contribution is 7.46. The molecule has 0 heterocycles. The van der Waals surface area contributed by atoms with Gasteiger partial charge in [-0.2, -0.15) is 0 Å². The molecule has 0 spiro atoms. The van der Waals surface area contributed by atoms with E-state index >= 15 is 0 Å². The first-order valence-electron chi connectivity index (χ1n) is 17.8. The monoisotopic (exact) mass is 672 g/mol. The molecule has 0 amide bonds. The molecule has 0 aromatic carbocycles. The second kappa shape index (κ2) is 30.6. The number of phosphoric ester groups is 1. The van der Waals surface area contributed by atoms with Gasteiger partial charge in [-0.05, 0) is 44.4 Å². The van der Waals surface area contributed by atoms with E-state index in [4.69, 9.17) is 19.3 Å². The van der Waals surface area contributed by atoms with Crippen molar-refractivity contribution in [3.05, 3.63) is 36.5 Å². The lowest BCUT2D eigenvalue weighted by Gasteiger charge is -2.18. The van der Waals surface area contributed by atoms with Crippen LogP contribution in [-0.4, -0.2) is 52.3 Å². The smallest absolute Gasteiger partial charge is 0.462 e. The van der Waals surface area contributed by atoms with Crippen molar-refractivity contribution in [2.75, 3.05) is 13.2 Å². The number of esters is 2. The Bertz CT molecular complexity index is 881. The fraction of sp³-hybridized carbons (Fsp3) is 0.778. The van der Waals surface area contributed by atoms with Gasteiger partial charge in [-0.15, -0.1) is 0 Å². The first-order valence-corrected chi connectivity index (χ1v) is 19.3. The summed E-state index contributed by atoms with van der Waals surface area (Å²) < 4.78 is 26.2. The van der Waals surface area contributed by atoms with Crippen LogP contribution in [0.15, 0.2) is 36.5 Å². The number of allylic oxidation sites excluding steroid dienone is 4. The van der Waals surface area contributed by atoms with Crippen molar-refractivity contribution in [2.24, 2.45) is 5.92 Å². The van der Waals surface area contributed by atoms with Crippen molar-refractivity contribution in [3.63, 3.8) is 0 Å². The molecule has 3 atom stereocenters. The normalized spacial score (nSPS) is 14.3. The summed E-state index contributed by atoms with van der Waals surface area (Å²) in [5.41, 5.74) is 0. The van der Waals surface area contributed by atoms with Gasteiger partial charge in [0.1, 0.15) is 6.61 Å². The SMILES string of the molecule is CC/C=C/CC(O)/C=C/C=C/CCCCCCCC(=O)O[C@H](COC(=O)CCCCCCCCCCC(C)CC)COP(=O)(O)O. The second-order valence-electron chi connectivity index (χ2n) is 12.3. The maximum atomic E-state index is 12.3. The molecule has 9 nitrogen and oxygen atoms in total. The van der Waals surface area contributed by atoms with Crippen LogP contribution < -0.4 is 0 Å². The summed E-state index contributed by atoms with van der Waals surface area (Å²) in [6.07, 6.45) is 29.2. The van der Waals surface area contributed by atoms with Gasteiger partial charge in [-0.25, -0.2) is 4.57 Å². The molecule has 3 N–H and O–H groups in total. The minimum atomic E-state index is -4.76. The number of aliphatic hydroxyl groups is 1. The topological polar surface area (TPSA) is 140 Å². The van der Waals surface area contributed by atoms with Crippen LogP contribution in [0.3, 0.4) is 0 Å². The number of phosphoric acid groups is 1. The van der Waals surface area contributed by atoms with E-state index in [-0.39, 0.29) is 19.4 Å². The predicted molar refractivity (Wildman–Crippen MR) is 185 cm³/mol. The van der Waals surface area contributed by atoms with Gasteiger partial charge in [0.2, 0.25) is 0 Å². The number of carbonyl (C=O) groups is 2. The summed E-state index contributed by atoms with van der Waals surface area (Å²) in [4.78, 5) is 42.6. The van der Waals surface area contributed by atoms with Gasteiger partial charge in [0.15, 0.2) is 6.10 Å². The number of hydrogen-bond donors (Lipinski definition) is 3. The van der Waals surface area contributed by atoms with Gasteiger partial charge in [-0.1, -0.05) is 134 Å². The van der Waals surface area contributed by atoms with Crippen LogP contribution in [0.25, 0.3) is 0 Å². The van der Waals surface area contributed by atoms with Gasteiger partial charge < -0.3 is 24.4 Å².